The molecule has 0 bridgehead atoms. The van der Waals surface area contributed by atoms with Gasteiger partial charge in [0.05, 0.1) is 10.2 Å². The summed E-state index contributed by atoms with van der Waals surface area (Å²) in [5, 5.41) is 12.3. The van der Waals surface area contributed by atoms with Gasteiger partial charge >= 0.3 is 0 Å². The first-order valence-electron chi connectivity index (χ1n) is 6.74. The number of anilines is 2. The molecule has 3 aromatic rings. The van der Waals surface area contributed by atoms with Gasteiger partial charge in [-0.1, -0.05) is 41.6 Å². The summed E-state index contributed by atoms with van der Waals surface area (Å²) < 4.78 is 2.49. The number of hydrogen-bond donors (Lipinski definition) is 2. The third-order valence-corrected chi connectivity index (χ3v) is 4.94. The number of nitrogen functional groups attached to an aromatic ring is 1. The largest absolute Gasteiger partial charge is 0.368 e. The molecule has 3 rings (SSSR count). The number of carbonyl (C=O) groups excluding carboxylic acids is 1. The number of thioether (sulfide) groups is 1. The number of hydrogen-bond acceptors (Lipinski definition) is 7. The molecule has 23 heavy (non-hydrogen) atoms. The van der Waals surface area contributed by atoms with Crippen LogP contribution in [0.1, 0.15) is 6.92 Å². The molecule has 0 atom stereocenters. The maximum absolute atomic E-state index is 12.2. The van der Waals surface area contributed by atoms with Crippen molar-refractivity contribution in [1.82, 2.24) is 19.7 Å². The summed E-state index contributed by atoms with van der Waals surface area (Å²) in [6, 6.07) is 5.40. The van der Waals surface area contributed by atoms with E-state index in [2.05, 4.69) is 20.5 Å². The monoisotopic (exact) mass is 368 g/mol. The van der Waals surface area contributed by atoms with Crippen molar-refractivity contribution in [2.75, 3.05) is 16.8 Å². The molecule has 0 unspecified atom stereocenters. The van der Waals surface area contributed by atoms with E-state index >= 15 is 0 Å². The van der Waals surface area contributed by atoms with Crippen LogP contribution in [0.2, 0.25) is 5.02 Å². The van der Waals surface area contributed by atoms with Crippen LogP contribution in [-0.4, -0.2) is 31.4 Å². The van der Waals surface area contributed by atoms with Crippen molar-refractivity contribution < 1.29 is 4.79 Å². The molecule has 0 aliphatic carbocycles. The van der Waals surface area contributed by atoms with Crippen molar-refractivity contribution in [2.24, 2.45) is 0 Å². The lowest BCUT2D eigenvalue weighted by Gasteiger charge is -2.06. The number of aromatic nitrogens is 4. The number of nitrogens with zero attached hydrogens (tertiary/aromatic N) is 4. The average molecular weight is 369 g/mol. The average Bonchev–Trinajstić information content (AvgIpc) is 3.04. The standard InChI is InChI=1S/C13H13ClN6OS2/c1-2-22-13-19-18-11(15)20(13)6-10(21)17-12-16-8-4-3-7(14)5-9(8)23-12/h3-5H,2,6H2,1H3,(H2,15,18)(H,16,17,21). The Hall–Kier alpha value is -1.84. The molecule has 3 N–H and O–H groups in total. The van der Waals surface area contributed by atoms with Crippen molar-refractivity contribution in [3.63, 3.8) is 0 Å². The molecule has 0 fully saturated rings. The van der Waals surface area contributed by atoms with E-state index in [1.165, 1.54) is 23.1 Å². The second-order valence-corrected chi connectivity index (χ2v) is 7.24. The molecule has 10 heteroatoms. The summed E-state index contributed by atoms with van der Waals surface area (Å²) in [7, 11) is 0. The topological polar surface area (TPSA) is 98.7 Å². The number of fused-ring (bicyclic) bond motifs is 1. The summed E-state index contributed by atoms with van der Waals surface area (Å²) in [4.78, 5) is 16.6. The molecule has 2 heterocycles. The van der Waals surface area contributed by atoms with Gasteiger partial charge in [-0.3, -0.25) is 9.36 Å². The second kappa shape index (κ2) is 6.73. The summed E-state index contributed by atoms with van der Waals surface area (Å²) in [6.45, 7) is 2.03. The van der Waals surface area contributed by atoms with Crippen molar-refractivity contribution in [2.45, 2.75) is 18.6 Å². The fourth-order valence-corrected chi connectivity index (χ4v) is 3.77. The van der Waals surface area contributed by atoms with E-state index in [1.54, 1.807) is 10.6 Å². The minimum atomic E-state index is -0.236. The zero-order valence-electron chi connectivity index (χ0n) is 12.1. The van der Waals surface area contributed by atoms with Gasteiger partial charge in [-0.25, -0.2) is 4.98 Å². The number of thiazole rings is 1. The van der Waals surface area contributed by atoms with Crippen molar-refractivity contribution in [3.05, 3.63) is 23.2 Å². The van der Waals surface area contributed by atoms with Crippen LogP contribution in [0.25, 0.3) is 10.2 Å². The number of halogens is 1. The van der Waals surface area contributed by atoms with Crippen molar-refractivity contribution in [3.8, 4) is 0 Å². The van der Waals surface area contributed by atoms with E-state index in [9.17, 15) is 4.79 Å². The number of amides is 1. The Morgan fingerprint density at radius 1 is 1.48 bits per heavy atom. The molecule has 120 valence electrons. The second-order valence-electron chi connectivity index (χ2n) is 4.54. The molecule has 1 amide bonds. The molecule has 0 saturated heterocycles. The first-order valence-corrected chi connectivity index (χ1v) is 8.92. The van der Waals surface area contributed by atoms with Crippen molar-refractivity contribution >= 4 is 61.9 Å². The van der Waals surface area contributed by atoms with Crippen LogP contribution in [0.4, 0.5) is 11.1 Å². The van der Waals surface area contributed by atoms with Gasteiger partial charge in [0.1, 0.15) is 6.54 Å². The lowest BCUT2D eigenvalue weighted by atomic mass is 10.3. The van der Waals surface area contributed by atoms with Crippen LogP contribution in [0.15, 0.2) is 23.4 Å². The van der Waals surface area contributed by atoms with E-state index < -0.39 is 0 Å². The number of nitrogens with two attached hydrogens (primary N) is 1. The van der Waals surface area contributed by atoms with Gasteiger partial charge in [0.25, 0.3) is 0 Å². The van der Waals surface area contributed by atoms with Crippen LogP contribution in [0.3, 0.4) is 0 Å². The highest BCUT2D eigenvalue weighted by atomic mass is 35.5. The number of nitrogens with one attached hydrogen (secondary N) is 1. The summed E-state index contributed by atoms with van der Waals surface area (Å²) in [5.74, 6) is 0.796. The van der Waals surface area contributed by atoms with Gasteiger partial charge < -0.3 is 11.1 Å². The number of benzene rings is 1. The molecule has 1 aromatic carbocycles. The molecule has 7 nitrogen and oxygen atoms in total. The molecule has 0 spiro atoms. The number of carbonyl (C=O) groups is 1. The zero-order chi connectivity index (χ0) is 16.4. The molecule has 0 radical (unpaired) electrons. The highest BCUT2D eigenvalue weighted by molar-refractivity contribution is 7.99. The molecule has 0 saturated carbocycles. The first kappa shape index (κ1) is 16.0. The molecule has 2 aromatic heterocycles. The van der Waals surface area contributed by atoms with Gasteiger partial charge in [-0.05, 0) is 24.0 Å². The summed E-state index contributed by atoms with van der Waals surface area (Å²) >= 11 is 8.80. The third-order valence-electron chi connectivity index (χ3n) is 2.92. The van der Waals surface area contributed by atoms with Crippen LogP contribution >= 0.6 is 34.7 Å². The first-order chi connectivity index (χ1) is 11.1. The highest BCUT2D eigenvalue weighted by Gasteiger charge is 2.14. The predicted molar refractivity (Wildman–Crippen MR) is 94.1 cm³/mol. The Kier molecular flexibility index (Phi) is 4.69. The lowest BCUT2D eigenvalue weighted by molar-refractivity contribution is -0.116. The molecular formula is C13H13ClN6OS2. The highest BCUT2D eigenvalue weighted by Crippen LogP contribution is 2.28. The quantitative estimate of drug-likeness (QED) is 0.672. The van der Waals surface area contributed by atoms with Crippen LogP contribution in [0, 0.1) is 0 Å². The van der Waals surface area contributed by atoms with Gasteiger partial charge in [-0.2, -0.15) is 0 Å². The Morgan fingerprint density at radius 2 is 2.30 bits per heavy atom. The Bertz CT molecular complexity index is 861. The molecule has 0 aliphatic rings. The van der Waals surface area contributed by atoms with Crippen LogP contribution in [0.5, 0.6) is 0 Å². The van der Waals surface area contributed by atoms with E-state index in [-0.39, 0.29) is 18.4 Å². The zero-order valence-corrected chi connectivity index (χ0v) is 14.5. The van der Waals surface area contributed by atoms with Crippen LogP contribution in [-0.2, 0) is 11.3 Å². The van der Waals surface area contributed by atoms with Crippen LogP contribution < -0.4 is 11.1 Å². The fraction of sp³-hybridized carbons (Fsp3) is 0.231. The smallest absolute Gasteiger partial charge is 0.246 e. The molecule has 0 aliphatic heterocycles. The Morgan fingerprint density at radius 3 is 3.09 bits per heavy atom. The lowest BCUT2D eigenvalue weighted by Crippen LogP contribution is -2.20. The minimum Gasteiger partial charge on any atom is -0.368 e. The summed E-state index contributed by atoms with van der Waals surface area (Å²) in [6.07, 6.45) is 0. The number of rotatable bonds is 5. The minimum absolute atomic E-state index is 0.0395. The molecular weight excluding hydrogens is 356 g/mol. The Balaban J connectivity index is 1.74. The normalized spacial score (nSPS) is 11.0. The van der Waals surface area contributed by atoms with E-state index in [0.717, 1.165) is 16.0 Å². The van der Waals surface area contributed by atoms with Gasteiger partial charge in [0, 0.05) is 5.02 Å². The SMILES string of the molecule is CCSc1nnc(N)n1CC(=O)Nc1nc2ccc(Cl)cc2s1. The maximum atomic E-state index is 12.2. The van der Waals surface area contributed by atoms with E-state index in [1.807, 2.05) is 19.1 Å². The van der Waals surface area contributed by atoms with Gasteiger partial charge in [0.2, 0.25) is 11.9 Å². The van der Waals surface area contributed by atoms with E-state index in [4.69, 9.17) is 17.3 Å². The predicted octanol–water partition coefficient (Wildman–Crippen LogP) is 2.87. The van der Waals surface area contributed by atoms with E-state index in [0.29, 0.717) is 15.3 Å². The maximum Gasteiger partial charge on any atom is 0.246 e. The third kappa shape index (κ3) is 3.57. The van der Waals surface area contributed by atoms with Gasteiger partial charge in [-0.15, -0.1) is 10.2 Å². The van der Waals surface area contributed by atoms with Crippen molar-refractivity contribution in [1.29, 1.82) is 0 Å². The van der Waals surface area contributed by atoms with Gasteiger partial charge in [0.15, 0.2) is 10.3 Å². The Labute approximate surface area is 145 Å². The summed E-state index contributed by atoms with van der Waals surface area (Å²) in [5.41, 5.74) is 6.55. The fourth-order valence-electron chi connectivity index (χ4n) is 1.94.